The predicted molar refractivity (Wildman–Crippen MR) is 113 cm³/mol. The maximum atomic E-state index is 13.3. The number of carboxylic acid groups (broad SMARTS) is 1. The summed E-state index contributed by atoms with van der Waals surface area (Å²) in [6, 6.07) is 5.48. The molecule has 13 nitrogen and oxygen atoms in total. The van der Waals surface area contributed by atoms with Gasteiger partial charge >= 0.3 is 19.4 Å². The molecule has 0 bridgehead atoms. The summed E-state index contributed by atoms with van der Waals surface area (Å²) in [7, 11) is -4.38. The molecule has 1 unspecified atom stereocenters. The molecule has 1 aromatic carbocycles. The van der Waals surface area contributed by atoms with Gasteiger partial charge in [0, 0.05) is 12.2 Å². The monoisotopic (exact) mass is 487 g/mol. The van der Waals surface area contributed by atoms with Crippen molar-refractivity contribution in [2.45, 2.75) is 43.9 Å². The molecule has 0 saturated carbocycles. The van der Waals surface area contributed by atoms with Crippen LogP contribution < -0.4 is 20.9 Å². The lowest BCUT2D eigenvalue weighted by atomic mass is 9.96. The number of hydrogen-bond acceptors (Lipinski definition) is 9. The molecule has 33 heavy (non-hydrogen) atoms. The van der Waals surface area contributed by atoms with Gasteiger partial charge in [0.1, 0.15) is 29.6 Å². The highest BCUT2D eigenvalue weighted by molar-refractivity contribution is 7.52. The summed E-state index contributed by atoms with van der Waals surface area (Å²) >= 11 is 0. The molecule has 1 saturated heterocycles. The van der Waals surface area contributed by atoms with E-state index >= 15 is 0 Å². The Morgan fingerprint density at radius 3 is 2.73 bits per heavy atom. The molecule has 1 fully saturated rings. The quantitative estimate of drug-likeness (QED) is 0.295. The van der Waals surface area contributed by atoms with Crippen molar-refractivity contribution in [3.63, 3.8) is 0 Å². The zero-order valence-corrected chi connectivity index (χ0v) is 18.4. The van der Waals surface area contributed by atoms with Crippen molar-refractivity contribution in [2.24, 2.45) is 0 Å². The van der Waals surface area contributed by atoms with Crippen molar-refractivity contribution in [3.8, 4) is 5.75 Å². The Morgan fingerprint density at radius 1 is 1.42 bits per heavy atom. The first-order valence-electron chi connectivity index (χ1n) is 10.6. The number of carbonyl (C=O) groups is 1. The summed E-state index contributed by atoms with van der Waals surface area (Å²) in [6.07, 6.45) is -5.81. The van der Waals surface area contributed by atoms with Crippen molar-refractivity contribution < 1.29 is 41.2 Å². The molecule has 0 spiro atoms. The highest BCUT2D eigenvalue weighted by Gasteiger charge is 2.54. The van der Waals surface area contributed by atoms with E-state index in [9.17, 15) is 34.3 Å². The second-order valence-corrected chi connectivity index (χ2v) is 9.14. The number of H-pyrrole nitrogens is 1. The molecule has 1 aromatic heterocycles. The van der Waals surface area contributed by atoms with E-state index in [-0.39, 0.29) is 5.75 Å². The zero-order valence-electron chi connectivity index (χ0n) is 19.5. The molecule has 0 aliphatic carbocycles. The van der Waals surface area contributed by atoms with Crippen LogP contribution in [-0.4, -0.2) is 61.3 Å². The van der Waals surface area contributed by atoms with Gasteiger partial charge in [-0.3, -0.25) is 23.7 Å². The molecule has 2 aromatic rings. The molecule has 180 valence electrons. The Hall–Kier alpha value is -2.80. The van der Waals surface area contributed by atoms with Gasteiger partial charge in [-0.15, -0.1) is 0 Å². The SMILES string of the molecule is [2H]c1c([2H])n([C@@H]2O[C@H](CO[P@@](=O)(NC(C)C(=O)O)Oc3ccccc3)[C@@H](O)[C@@]2(C)O)c(=O)[nH]c1=O. The smallest absolute Gasteiger partial charge is 0.459 e. The predicted octanol–water partition coefficient (Wildman–Crippen LogP) is -0.188. The second-order valence-electron chi connectivity index (χ2n) is 7.45. The number of benzene rings is 1. The summed E-state index contributed by atoms with van der Waals surface area (Å²) in [5.41, 5.74) is -4.50. The molecule has 0 amide bonds. The third-order valence-electron chi connectivity index (χ3n) is 4.82. The first-order chi connectivity index (χ1) is 16.3. The number of ether oxygens (including phenoxy) is 1. The Labute approximate surface area is 190 Å². The van der Waals surface area contributed by atoms with Crippen molar-refractivity contribution >= 4 is 13.7 Å². The Bertz CT molecular complexity index is 1250. The summed E-state index contributed by atoms with van der Waals surface area (Å²) < 4.78 is 45.5. The van der Waals surface area contributed by atoms with Gasteiger partial charge in [-0.1, -0.05) is 18.2 Å². The van der Waals surface area contributed by atoms with E-state index in [0.29, 0.717) is 4.57 Å². The molecular formula is C19H24N3O10P. The minimum atomic E-state index is -4.38. The van der Waals surface area contributed by atoms with Crippen molar-refractivity contribution in [1.82, 2.24) is 14.6 Å². The standard InChI is InChI=1S/C19H24N3O10P/c1-11(16(25)26)21-33(29,32-12-6-4-3-5-7-12)30-10-13-15(24)19(2,28)17(31-13)22-9-8-14(23)20-18(22)27/h3-9,11,13,15,17,24,28H,10H2,1-2H3,(H,21,29)(H,25,26)(H,20,23,27)/t11?,13-,15-,17-,19-,33+/m1/s1/i8D,9D. The van der Waals surface area contributed by atoms with Crippen LogP contribution in [0.1, 0.15) is 22.8 Å². The van der Waals surface area contributed by atoms with Crippen molar-refractivity contribution in [3.05, 3.63) is 63.4 Å². The Morgan fingerprint density at radius 2 is 2.09 bits per heavy atom. The number of aliphatic hydroxyl groups is 2. The van der Waals surface area contributed by atoms with Gasteiger partial charge in [-0.05, 0) is 26.0 Å². The van der Waals surface area contributed by atoms with Gasteiger partial charge in [0.15, 0.2) is 6.23 Å². The van der Waals surface area contributed by atoms with Crippen molar-refractivity contribution in [1.29, 1.82) is 0 Å². The van der Waals surface area contributed by atoms with E-state index in [1.165, 1.54) is 19.1 Å². The van der Waals surface area contributed by atoms with E-state index in [1.807, 2.05) is 4.98 Å². The summed E-state index contributed by atoms with van der Waals surface area (Å²) in [4.78, 5) is 36.9. The number of para-hydroxylation sites is 1. The highest BCUT2D eigenvalue weighted by atomic mass is 31.2. The minimum absolute atomic E-state index is 0.0836. The van der Waals surface area contributed by atoms with E-state index in [1.54, 1.807) is 18.2 Å². The van der Waals surface area contributed by atoms with E-state index in [4.69, 9.17) is 16.5 Å². The zero-order chi connectivity index (χ0) is 26.1. The lowest BCUT2D eigenvalue weighted by molar-refractivity contribution is -0.138. The fourth-order valence-electron chi connectivity index (χ4n) is 3.04. The maximum absolute atomic E-state index is 13.3. The van der Waals surface area contributed by atoms with Gasteiger partial charge in [-0.25, -0.2) is 9.36 Å². The lowest BCUT2D eigenvalue weighted by Gasteiger charge is -2.27. The first-order valence-corrected chi connectivity index (χ1v) is 11.2. The van der Waals surface area contributed by atoms with Crippen molar-refractivity contribution in [2.75, 3.05) is 6.61 Å². The van der Waals surface area contributed by atoms with E-state index < -0.39 is 73.9 Å². The summed E-state index contributed by atoms with van der Waals surface area (Å²) in [5, 5.41) is 32.8. The summed E-state index contributed by atoms with van der Waals surface area (Å²) in [6.45, 7) is 1.58. The molecule has 1 aliphatic rings. The molecule has 5 N–H and O–H groups in total. The van der Waals surface area contributed by atoms with Crippen LogP contribution >= 0.6 is 7.75 Å². The third kappa shape index (κ3) is 5.58. The summed E-state index contributed by atoms with van der Waals surface area (Å²) in [5.74, 6) is -1.27. The molecule has 3 rings (SSSR count). The van der Waals surface area contributed by atoms with Gasteiger partial charge in [0.05, 0.1) is 9.35 Å². The number of aromatic amines is 1. The third-order valence-corrected chi connectivity index (χ3v) is 6.46. The van der Waals surface area contributed by atoms with Gasteiger partial charge < -0.3 is 24.6 Å². The van der Waals surface area contributed by atoms with Gasteiger partial charge in [0.25, 0.3) is 5.56 Å². The maximum Gasteiger partial charge on any atom is 0.459 e. The number of aromatic nitrogens is 2. The Balaban J connectivity index is 1.86. The fourth-order valence-corrected chi connectivity index (χ4v) is 4.55. The fraction of sp³-hybridized carbons (Fsp3) is 0.421. The topological polar surface area (TPSA) is 189 Å². The number of nitrogens with zero attached hydrogens (tertiary/aromatic N) is 1. The number of aliphatic hydroxyl groups excluding tert-OH is 1. The van der Waals surface area contributed by atoms with Gasteiger partial charge in [0.2, 0.25) is 0 Å². The second kappa shape index (κ2) is 9.59. The number of carboxylic acids is 1. The molecule has 1 aliphatic heterocycles. The average Bonchev–Trinajstić information content (AvgIpc) is 3.00. The highest BCUT2D eigenvalue weighted by Crippen LogP contribution is 2.46. The number of hydrogen-bond donors (Lipinski definition) is 5. The molecule has 0 radical (unpaired) electrons. The Kier molecular flexibility index (Phi) is 6.40. The van der Waals surface area contributed by atoms with E-state index in [0.717, 1.165) is 6.92 Å². The van der Waals surface area contributed by atoms with Crippen LogP contribution in [0.25, 0.3) is 0 Å². The molecule has 6 atom stereocenters. The van der Waals surface area contributed by atoms with Crippen LogP contribution in [0, 0.1) is 0 Å². The molecule has 14 heteroatoms. The van der Waals surface area contributed by atoms with Gasteiger partial charge in [-0.2, -0.15) is 5.09 Å². The molecule has 2 heterocycles. The van der Waals surface area contributed by atoms with Crippen LogP contribution in [-0.2, 0) is 18.6 Å². The minimum Gasteiger partial charge on any atom is -0.480 e. The van der Waals surface area contributed by atoms with Crippen LogP contribution in [0.5, 0.6) is 5.75 Å². The van der Waals surface area contributed by atoms with E-state index in [2.05, 4.69) is 5.09 Å². The number of nitrogens with one attached hydrogen (secondary N) is 2. The number of aliphatic carboxylic acids is 1. The van der Waals surface area contributed by atoms with Crippen LogP contribution in [0.2, 0.25) is 0 Å². The molecular weight excluding hydrogens is 461 g/mol. The largest absolute Gasteiger partial charge is 0.480 e. The normalized spacial score (nSPS) is 28.4. The number of rotatable bonds is 9. The lowest BCUT2D eigenvalue weighted by Crippen LogP contribution is -2.47. The first kappa shape index (κ1) is 22.0. The van der Waals surface area contributed by atoms with Crippen LogP contribution in [0.3, 0.4) is 0 Å². The van der Waals surface area contributed by atoms with Crippen LogP contribution in [0.4, 0.5) is 0 Å². The van der Waals surface area contributed by atoms with Crippen LogP contribution in [0.15, 0.2) is 52.1 Å². The average molecular weight is 487 g/mol.